The molecule has 1 N–H and O–H groups in total. The minimum atomic E-state index is -0.327. The van der Waals surface area contributed by atoms with Crippen molar-refractivity contribution in [1.82, 2.24) is 20.1 Å². The molecule has 1 saturated heterocycles. The Morgan fingerprint density at radius 3 is 2.79 bits per heavy atom. The summed E-state index contributed by atoms with van der Waals surface area (Å²) >= 11 is 7.89. The lowest BCUT2D eigenvalue weighted by atomic mass is 9.82. The van der Waals surface area contributed by atoms with Gasteiger partial charge in [0.1, 0.15) is 5.02 Å². The molecule has 2 aliphatic rings. The predicted octanol–water partition coefficient (Wildman–Crippen LogP) is 2.47. The Hall–Kier alpha value is -1.44. The molecule has 0 bridgehead atoms. The van der Waals surface area contributed by atoms with Crippen molar-refractivity contribution in [2.24, 2.45) is 0 Å². The van der Waals surface area contributed by atoms with Crippen LogP contribution in [-0.4, -0.2) is 46.3 Å². The van der Waals surface area contributed by atoms with Gasteiger partial charge in [-0.3, -0.25) is 9.69 Å². The Bertz CT molecular complexity index is 764. The first-order valence-electron chi connectivity index (χ1n) is 8.35. The molecule has 1 aliphatic carbocycles. The number of anilines is 1. The van der Waals surface area contributed by atoms with Crippen LogP contribution in [-0.2, 0) is 6.54 Å². The monoisotopic (exact) mass is 365 g/mol. The zero-order valence-electron chi connectivity index (χ0n) is 13.4. The summed E-state index contributed by atoms with van der Waals surface area (Å²) in [6, 6.07) is 0. The highest BCUT2D eigenvalue weighted by atomic mass is 35.5. The van der Waals surface area contributed by atoms with E-state index in [1.807, 2.05) is 5.51 Å². The fourth-order valence-corrected chi connectivity index (χ4v) is 4.46. The first kappa shape index (κ1) is 16.1. The number of piperazine rings is 1. The van der Waals surface area contributed by atoms with Crippen LogP contribution < -0.4 is 10.5 Å². The van der Waals surface area contributed by atoms with E-state index in [2.05, 4.69) is 25.0 Å². The highest BCUT2D eigenvalue weighted by Crippen LogP contribution is 2.38. The largest absolute Gasteiger partial charge is 0.366 e. The quantitative estimate of drug-likeness (QED) is 0.901. The van der Waals surface area contributed by atoms with Crippen molar-refractivity contribution in [3.63, 3.8) is 0 Å². The van der Waals surface area contributed by atoms with Crippen molar-refractivity contribution in [3.05, 3.63) is 37.7 Å². The molecule has 0 amide bonds. The SMILES string of the molecule is O=c1[nH]ncc(N2CCN(Cc3scnc3C3CCC3)CC2)c1Cl. The minimum absolute atomic E-state index is 0.230. The summed E-state index contributed by atoms with van der Waals surface area (Å²) < 4.78 is 0. The number of halogens is 1. The summed E-state index contributed by atoms with van der Waals surface area (Å²) in [5.74, 6) is 0.688. The molecule has 8 heteroatoms. The van der Waals surface area contributed by atoms with Gasteiger partial charge >= 0.3 is 0 Å². The molecule has 6 nitrogen and oxygen atoms in total. The number of nitrogens with zero attached hydrogens (tertiary/aromatic N) is 4. The Balaban J connectivity index is 1.39. The van der Waals surface area contributed by atoms with Gasteiger partial charge in [0.2, 0.25) is 0 Å². The normalized spacial score (nSPS) is 19.5. The number of H-pyrrole nitrogens is 1. The zero-order valence-corrected chi connectivity index (χ0v) is 14.9. The third-order valence-electron chi connectivity index (χ3n) is 5.02. The average molecular weight is 366 g/mol. The third kappa shape index (κ3) is 3.08. The van der Waals surface area contributed by atoms with Gasteiger partial charge in [0.25, 0.3) is 5.56 Å². The van der Waals surface area contributed by atoms with E-state index in [-0.39, 0.29) is 10.6 Å². The number of thiazole rings is 1. The molecule has 3 heterocycles. The molecule has 0 unspecified atom stereocenters. The second kappa shape index (κ2) is 6.82. The summed E-state index contributed by atoms with van der Waals surface area (Å²) in [5.41, 5.74) is 3.72. The second-order valence-electron chi connectivity index (χ2n) is 6.45. The van der Waals surface area contributed by atoms with Crippen molar-refractivity contribution in [2.45, 2.75) is 31.7 Å². The fourth-order valence-electron chi connectivity index (χ4n) is 3.36. The van der Waals surface area contributed by atoms with E-state index in [1.54, 1.807) is 17.5 Å². The molecule has 2 aromatic rings. The molecule has 0 aromatic carbocycles. The van der Waals surface area contributed by atoms with E-state index >= 15 is 0 Å². The van der Waals surface area contributed by atoms with E-state index in [9.17, 15) is 4.79 Å². The van der Waals surface area contributed by atoms with Crippen LogP contribution in [0.2, 0.25) is 5.02 Å². The maximum absolute atomic E-state index is 11.6. The molecule has 4 rings (SSSR count). The van der Waals surface area contributed by atoms with Crippen LogP contribution in [0.1, 0.15) is 35.8 Å². The Morgan fingerprint density at radius 2 is 2.08 bits per heavy atom. The van der Waals surface area contributed by atoms with Gasteiger partial charge in [0.05, 0.1) is 23.1 Å². The molecular weight excluding hydrogens is 346 g/mol. The number of aromatic nitrogens is 3. The van der Waals surface area contributed by atoms with E-state index in [1.165, 1.54) is 29.8 Å². The Kier molecular flexibility index (Phi) is 4.56. The summed E-state index contributed by atoms with van der Waals surface area (Å²) in [7, 11) is 0. The van der Waals surface area contributed by atoms with Gasteiger partial charge in [-0.1, -0.05) is 18.0 Å². The van der Waals surface area contributed by atoms with E-state index < -0.39 is 0 Å². The number of aromatic amines is 1. The maximum atomic E-state index is 11.6. The van der Waals surface area contributed by atoms with Crippen molar-refractivity contribution < 1.29 is 0 Å². The van der Waals surface area contributed by atoms with Crippen molar-refractivity contribution in [1.29, 1.82) is 0 Å². The summed E-state index contributed by atoms with van der Waals surface area (Å²) in [5, 5.41) is 6.46. The molecule has 2 aromatic heterocycles. The maximum Gasteiger partial charge on any atom is 0.285 e. The molecule has 128 valence electrons. The van der Waals surface area contributed by atoms with Gasteiger partial charge in [0.15, 0.2) is 0 Å². The van der Waals surface area contributed by atoms with Crippen LogP contribution in [0.3, 0.4) is 0 Å². The molecule has 1 aliphatic heterocycles. The van der Waals surface area contributed by atoms with Gasteiger partial charge in [0, 0.05) is 43.5 Å². The standard InChI is InChI=1S/C16H20ClN5OS/c17-14-12(8-19-20-16(14)23)22-6-4-21(5-7-22)9-13-15(18-10-24-13)11-2-1-3-11/h8,10-11H,1-7,9H2,(H,20,23). The van der Waals surface area contributed by atoms with Gasteiger partial charge in [-0.15, -0.1) is 11.3 Å². The van der Waals surface area contributed by atoms with Crippen LogP contribution in [0.25, 0.3) is 0 Å². The van der Waals surface area contributed by atoms with E-state index in [0.29, 0.717) is 5.92 Å². The predicted molar refractivity (Wildman–Crippen MR) is 96.1 cm³/mol. The second-order valence-corrected chi connectivity index (χ2v) is 7.77. The van der Waals surface area contributed by atoms with Crippen molar-refractivity contribution >= 4 is 28.6 Å². The summed E-state index contributed by atoms with van der Waals surface area (Å²) in [4.78, 5) is 22.2. The van der Waals surface area contributed by atoms with Crippen LogP contribution in [0.4, 0.5) is 5.69 Å². The molecule has 2 fully saturated rings. The third-order valence-corrected chi connectivity index (χ3v) is 6.22. The molecular formula is C16H20ClN5OS. The van der Waals surface area contributed by atoms with Crippen LogP contribution in [0, 0.1) is 0 Å². The molecule has 0 radical (unpaired) electrons. The average Bonchev–Trinajstić information content (AvgIpc) is 2.97. The highest BCUT2D eigenvalue weighted by molar-refractivity contribution is 7.09. The van der Waals surface area contributed by atoms with Crippen molar-refractivity contribution in [3.8, 4) is 0 Å². The van der Waals surface area contributed by atoms with Crippen LogP contribution in [0.5, 0.6) is 0 Å². The number of hydrogen-bond acceptors (Lipinski definition) is 6. The smallest absolute Gasteiger partial charge is 0.285 e. The summed E-state index contributed by atoms with van der Waals surface area (Å²) in [6.45, 7) is 4.58. The lowest BCUT2D eigenvalue weighted by Gasteiger charge is -2.36. The summed E-state index contributed by atoms with van der Waals surface area (Å²) in [6.07, 6.45) is 5.56. The van der Waals surface area contributed by atoms with Crippen LogP contribution in [0.15, 0.2) is 16.5 Å². The van der Waals surface area contributed by atoms with Crippen LogP contribution >= 0.6 is 22.9 Å². The van der Waals surface area contributed by atoms with Gasteiger partial charge in [-0.25, -0.2) is 10.1 Å². The molecule has 0 atom stereocenters. The first-order chi connectivity index (χ1) is 11.7. The molecule has 1 saturated carbocycles. The van der Waals surface area contributed by atoms with Crippen molar-refractivity contribution in [2.75, 3.05) is 31.1 Å². The zero-order chi connectivity index (χ0) is 16.5. The Labute approximate surface area is 149 Å². The molecule has 0 spiro atoms. The fraction of sp³-hybridized carbons (Fsp3) is 0.562. The van der Waals surface area contributed by atoms with Gasteiger partial charge < -0.3 is 4.90 Å². The minimum Gasteiger partial charge on any atom is -0.366 e. The number of rotatable bonds is 4. The van der Waals surface area contributed by atoms with Gasteiger partial charge in [-0.05, 0) is 12.8 Å². The number of hydrogen-bond donors (Lipinski definition) is 1. The van der Waals surface area contributed by atoms with E-state index in [4.69, 9.17) is 11.6 Å². The lowest BCUT2D eigenvalue weighted by Crippen LogP contribution is -2.46. The lowest BCUT2D eigenvalue weighted by molar-refractivity contribution is 0.249. The number of nitrogens with one attached hydrogen (secondary N) is 1. The highest BCUT2D eigenvalue weighted by Gasteiger charge is 2.26. The topological polar surface area (TPSA) is 65.1 Å². The Morgan fingerprint density at radius 1 is 1.29 bits per heavy atom. The van der Waals surface area contributed by atoms with E-state index in [0.717, 1.165) is 38.4 Å². The van der Waals surface area contributed by atoms with Gasteiger partial charge in [-0.2, -0.15) is 5.10 Å². The molecule has 24 heavy (non-hydrogen) atoms. The first-order valence-corrected chi connectivity index (χ1v) is 9.61.